The molecule has 0 aliphatic rings. The van der Waals surface area contributed by atoms with Gasteiger partial charge in [-0.2, -0.15) is 5.26 Å². The van der Waals surface area contributed by atoms with Gasteiger partial charge in [0.15, 0.2) is 0 Å². The molecule has 0 bridgehead atoms. The summed E-state index contributed by atoms with van der Waals surface area (Å²) < 4.78 is 0. The second kappa shape index (κ2) is 6.56. The Balaban J connectivity index is 2.15. The lowest BCUT2D eigenvalue weighted by Crippen LogP contribution is -2.18. The van der Waals surface area contributed by atoms with E-state index in [1.54, 1.807) is 6.92 Å². The van der Waals surface area contributed by atoms with Gasteiger partial charge in [0.1, 0.15) is 0 Å². The second-order valence-corrected chi connectivity index (χ2v) is 5.27. The molecule has 2 nitrogen and oxygen atoms in total. The molecule has 0 fully saturated rings. The van der Waals surface area contributed by atoms with E-state index in [0.29, 0.717) is 6.42 Å². The quantitative estimate of drug-likeness (QED) is 0.920. The van der Waals surface area contributed by atoms with Crippen LogP contribution in [-0.2, 0) is 6.42 Å². The lowest BCUT2D eigenvalue weighted by atomic mass is 9.97. The third-order valence-electron chi connectivity index (χ3n) is 3.36. The van der Waals surface area contributed by atoms with Crippen LogP contribution in [0, 0.1) is 17.2 Å². The van der Waals surface area contributed by atoms with Gasteiger partial charge in [-0.05, 0) is 30.5 Å². The molecule has 2 aromatic carbocycles. The number of aliphatic hydroxyl groups is 1. The van der Waals surface area contributed by atoms with Gasteiger partial charge in [0.25, 0.3) is 0 Å². The van der Waals surface area contributed by atoms with Gasteiger partial charge >= 0.3 is 0 Å². The van der Waals surface area contributed by atoms with E-state index in [4.69, 9.17) is 16.9 Å². The van der Waals surface area contributed by atoms with Crippen LogP contribution in [0.3, 0.4) is 0 Å². The highest BCUT2D eigenvalue weighted by Crippen LogP contribution is 2.27. The van der Waals surface area contributed by atoms with Gasteiger partial charge in [-0.25, -0.2) is 0 Å². The Morgan fingerprint density at radius 1 is 1.15 bits per heavy atom. The highest BCUT2D eigenvalue weighted by Gasteiger charge is 2.13. The van der Waals surface area contributed by atoms with E-state index in [-0.39, 0.29) is 5.92 Å². The molecule has 2 aromatic rings. The van der Waals surface area contributed by atoms with E-state index >= 15 is 0 Å². The number of benzene rings is 2. The van der Waals surface area contributed by atoms with Crippen molar-refractivity contribution in [2.75, 3.05) is 0 Å². The molecule has 0 amide bonds. The fraction of sp³-hybridized carbons (Fsp3) is 0.235. The predicted molar refractivity (Wildman–Crippen MR) is 81.4 cm³/mol. The van der Waals surface area contributed by atoms with Crippen LogP contribution in [-0.4, -0.2) is 11.2 Å². The molecular formula is C17H16ClNO. The van der Waals surface area contributed by atoms with E-state index in [1.807, 2.05) is 48.5 Å². The van der Waals surface area contributed by atoms with Crippen molar-refractivity contribution in [3.63, 3.8) is 0 Å². The molecule has 3 heteroatoms. The maximum absolute atomic E-state index is 9.86. The summed E-state index contributed by atoms with van der Waals surface area (Å²) in [5.41, 5.74) is 3.05. The lowest BCUT2D eigenvalue weighted by Gasteiger charge is -2.13. The first-order valence-corrected chi connectivity index (χ1v) is 6.91. The third-order valence-corrected chi connectivity index (χ3v) is 3.69. The summed E-state index contributed by atoms with van der Waals surface area (Å²) in [6, 6.07) is 17.7. The fourth-order valence-electron chi connectivity index (χ4n) is 2.02. The van der Waals surface area contributed by atoms with Crippen molar-refractivity contribution in [3.05, 3.63) is 59.1 Å². The average molecular weight is 286 g/mol. The van der Waals surface area contributed by atoms with E-state index in [1.165, 1.54) is 0 Å². The van der Waals surface area contributed by atoms with Crippen LogP contribution in [0.15, 0.2) is 48.5 Å². The summed E-state index contributed by atoms with van der Waals surface area (Å²) >= 11 is 6.17. The summed E-state index contributed by atoms with van der Waals surface area (Å²) in [6.07, 6.45) is -0.150. The smallest absolute Gasteiger partial charge is 0.0735 e. The average Bonchev–Trinajstić information content (AvgIpc) is 2.48. The number of nitriles is 1. The molecule has 0 saturated heterocycles. The number of halogens is 1. The minimum atomic E-state index is -0.633. The molecule has 2 unspecified atom stereocenters. The topological polar surface area (TPSA) is 44.0 Å². The summed E-state index contributed by atoms with van der Waals surface area (Å²) in [5, 5.41) is 19.4. The van der Waals surface area contributed by atoms with Crippen molar-refractivity contribution in [1.82, 2.24) is 0 Å². The molecule has 102 valence electrons. The van der Waals surface area contributed by atoms with Crippen molar-refractivity contribution in [2.24, 2.45) is 5.92 Å². The van der Waals surface area contributed by atoms with Crippen LogP contribution in [0.1, 0.15) is 12.5 Å². The molecule has 0 radical (unpaired) electrons. The zero-order chi connectivity index (χ0) is 14.5. The molecule has 2 atom stereocenters. The molecule has 0 spiro atoms. The summed E-state index contributed by atoms with van der Waals surface area (Å²) in [4.78, 5) is 0. The molecule has 2 rings (SSSR count). The Morgan fingerprint density at radius 3 is 2.40 bits per heavy atom. The molecule has 1 N–H and O–H groups in total. The van der Waals surface area contributed by atoms with E-state index < -0.39 is 6.10 Å². The molecular weight excluding hydrogens is 270 g/mol. The third kappa shape index (κ3) is 3.39. The van der Waals surface area contributed by atoms with Crippen molar-refractivity contribution in [2.45, 2.75) is 19.4 Å². The van der Waals surface area contributed by atoms with Gasteiger partial charge < -0.3 is 5.11 Å². The van der Waals surface area contributed by atoms with Gasteiger partial charge in [-0.1, -0.05) is 54.1 Å². The largest absolute Gasteiger partial charge is 0.391 e. The molecule has 0 aliphatic carbocycles. The zero-order valence-corrected chi connectivity index (χ0v) is 12.0. The van der Waals surface area contributed by atoms with E-state index in [2.05, 4.69) is 6.07 Å². The van der Waals surface area contributed by atoms with Crippen molar-refractivity contribution >= 4 is 11.6 Å². The summed E-state index contributed by atoms with van der Waals surface area (Å²) in [5.74, 6) is -0.363. The number of nitrogens with zero attached hydrogens (tertiary/aromatic N) is 1. The van der Waals surface area contributed by atoms with Crippen LogP contribution in [0.25, 0.3) is 11.1 Å². The Kier molecular flexibility index (Phi) is 4.79. The van der Waals surface area contributed by atoms with Crippen LogP contribution in [0.5, 0.6) is 0 Å². The fourth-order valence-corrected chi connectivity index (χ4v) is 2.26. The van der Waals surface area contributed by atoms with Gasteiger partial charge in [0.05, 0.1) is 18.1 Å². The number of hydrogen-bond acceptors (Lipinski definition) is 2. The molecule has 0 saturated carbocycles. The van der Waals surface area contributed by atoms with Crippen LogP contribution >= 0.6 is 11.6 Å². The number of aliphatic hydroxyl groups excluding tert-OH is 1. The van der Waals surface area contributed by atoms with Gasteiger partial charge in [-0.15, -0.1) is 0 Å². The molecule has 0 aliphatic heterocycles. The van der Waals surface area contributed by atoms with Crippen LogP contribution < -0.4 is 0 Å². The van der Waals surface area contributed by atoms with Gasteiger partial charge in [0, 0.05) is 10.6 Å². The van der Waals surface area contributed by atoms with Crippen molar-refractivity contribution in [3.8, 4) is 17.2 Å². The Bertz CT molecular complexity index is 616. The summed E-state index contributed by atoms with van der Waals surface area (Å²) in [6.45, 7) is 1.72. The zero-order valence-electron chi connectivity index (χ0n) is 11.3. The van der Waals surface area contributed by atoms with Crippen molar-refractivity contribution in [1.29, 1.82) is 5.26 Å². The first-order valence-electron chi connectivity index (χ1n) is 6.53. The van der Waals surface area contributed by atoms with E-state index in [0.717, 1.165) is 21.7 Å². The van der Waals surface area contributed by atoms with Crippen LogP contribution in [0.4, 0.5) is 0 Å². The minimum Gasteiger partial charge on any atom is -0.391 e. The molecule has 0 heterocycles. The highest BCUT2D eigenvalue weighted by molar-refractivity contribution is 6.33. The Labute approximate surface area is 124 Å². The highest BCUT2D eigenvalue weighted by atomic mass is 35.5. The maximum atomic E-state index is 9.86. The number of hydrogen-bond donors (Lipinski definition) is 1. The summed E-state index contributed by atoms with van der Waals surface area (Å²) in [7, 11) is 0. The maximum Gasteiger partial charge on any atom is 0.0735 e. The normalized spacial score (nSPS) is 13.5. The molecule has 0 aromatic heterocycles. The first-order chi connectivity index (χ1) is 9.61. The SMILES string of the molecule is CC(C#N)C(O)Cc1ccc(-c2ccccc2Cl)cc1. The lowest BCUT2D eigenvalue weighted by molar-refractivity contribution is 0.141. The minimum absolute atomic E-state index is 0.363. The second-order valence-electron chi connectivity index (χ2n) is 4.87. The number of rotatable bonds is 4. The monoisotopic (exact) mass is 285 g/mol. The van der Waals surface area contributed by atoms with E-state index in [9.17, 15) is 5.11 Å². The van der Waals surface area contributed by atoms with Gasteiger partial charge in [-0.3, -0.25) is 0 Å². The van der Waals surface area contributed by atoms with Crippen molar-refractivity contribution < 1.29 is 5.11 Å². The Morgan fingerprint density at radius 2 is 1.80 bits per heavy atom. The van der Waals surface area contributed by atoms with Gasteiger partial charge in [0.2, 0.25) is 0 Å². The first kappa shape index (κ1) is 14.6. The standard InChI is InChI=1S/C17H16ClNO/c1-12(11-19)17(20)10-13-6-8-14(9-7-13)15-4-2-3-5-16(15)18/h2-9,12,17,20H,10H2,1H3. The molecule has 20 heavy (non-hydrogen) atoms. The van der Waals surface area contributed by atoms with Crippen LogP contribution in [0.2, 0.25) is 5.02 Å². The predicted octanol–water partition coefficient (Wildman–Crippen LogP) is 4.07. The Hall–Kier alpha value is -1.82.